The summed E-state index contributed by atoms with van der Waals surface area (Å²) in [7, 11) is -3.42. The molecule has 0 saturated heterocycles. The highest BCUT2D eigenvalue weighted by Gasteiger charge is 2.18. The fourth-order valence-electron chi connectivity index (χ4n) is 1.97. The van der Waals surface area contributed by atoms with Crippen molar-refractivity contribution in [2.75, 3.05) is 6.54 Å². The first-order valence-corrected chi connectivity index (χ1v) is 9.29. The minimum absolute atomic E-state index is 0.360. The maximum atomic E-state index is 12.2. The van der Waals surface area contributed by atoms with Crippen LogP contribution in [0.1, 0.15) is 16.0 Å². The van der Waals surface area contributed by atoms with Crippen LogP contribution in [0, 0.1) is 13.8 Å². The van der Waals surface area contributed by atoms with Crippen LogP contribution in [0.4, 0.5) is 0 Å². The molecule has 0 aliphatic heterocycles. The summed E-state index contributed by atoms with van der Waals surface area (Å²) in [6, 6.07) is 9.74. The minimum Gasteiger partial charge on any atom is -0.211 e. The quantitative estimate of drug-likeness (QED) is 0.869. The van der Waals surface area contributed by atoms with Gasteiger partial charge in [0, 0.05) is 11.4 Å². The Morgan fingerprint density at radius 2 is 2.00 bits per heavy atom. The van der Waals surface area contributed by atoms with E-state index in [0.717, 1.165) is 14.2 Å². The van der Waals surface area contributed by atoms with Gasteiger partial charge in [-0.05, 0) is 47.8 Å². The summed E-state index contributed by atoms with van der Waals surface area (Å²) in [6.07, 6.45) is 0.686. The molecule has 108 valence electrons. The molecule has 0 bridgehead atoms. The van der Waals surface area contributed by atoms with Gasteiger partial charge in [0.05, 0.1) is 8.68 Å². The van der Waals surface area contributed by atoms with Gasteiger partial charge in [0.2, 0.25) is 10.0 Å². The Kier molecular flexibility index (Phi) is 5.01. The third-order valence-electron chi connectivity index (χ3n) is 2.92. The molecule has 2 aromatic rings. The van der Waals surface area contributed by atoms with E-state index < -0.39 is 10.0 Å². The Morgan fingerprint density at radius 3 is 2.60 bits per heavy atom. The number of hydrogen-bond acceptors (Lipinski definition) is 3. The molecule has 0 atom stereocenters. The van der Waals surface area contributed by atoms with Gasteiger partial charge in [0.1, 0.15) is 0 Å². The smallest absolute Gasteiger partial charge is 0.211 e. The summed E-state index contributed by atoms with van der Waals surface area (Å²) < 4.78 is 27.9. The van der Waals surface area contributed by atoms with Crippen LogP contribution < -0.4 is 4.72 Å². The van der Waals surface area contributed by atoms with Gasteiger partial charge in [-0.3, -0.25) is 0 Å². The molecule has 0 radical (unpaired) electrons. The molecule has 0 amide bonds. The van der Waals surface area contributed by atoms with Crippen LogP contribution in [-0.4, -0.2) is 15.0 Å². The van der Waals surface area contributed by atoms with Crippen molar-refractivity contribution >= 4 is 37.3 Å². The van der Waals surface area contributed by atoms with Gasteiger partial charge >= 0.3 is 0 Å². The Bertz CT molecular complexity index is 708. The number of benzene rings is 1. The fraction of sp³-hybridized carbons (Fsp3) is 0.286. The lowest BCUT2D eigenvalue weighted by atomic mass is 10.1. The highest BCUT2D eigenvalue weighted by Crippen LogP contribution is 2.29. The van der Waals surface area contributed by atoms with Gasteiger partial charge in [-0.1, -0.05) is 29.8 Å². The zero-order valence-corrected chi connectivity index (χ0v) is 14.5. The Labute approximate surface area is 132 Å². The van der Waals surface area contributed by atoms with Gasteiger partial charge in [-0.15, -0.1) is 11.3 Å². The molecule has 3 nitrogen and oxygen atoms in total. The Morgan fingerprint density at radius 1 is 1.25 bits per heavy atom. The molecule has 2 rings (SSSR count). The van der Waals surface area contributed by atoms with Crippen LogP contribution >= 0.6 is 27.3 Å². The van der Waals surface area contributed by atoms with E-state index in [0.29, 0.717) is 17.9 Å². The normalized spacial score (nSPS) is 11.8. The highest BCUT2D eigenvalue weighted by molar-refractivity contribution is 9.11. The average molecular weight is 374 g/mol. The molecular weight excluding hydrogens is 358 g/mol. The van der Waals surface area contributed by atoms with E-state index in [2.05, 4.69) is 26.7 Å². The maximum Gasteiger partial charge on any atom is 0.241 e. The van der Waals surface area contributed by atoms with Gasteiger partial charge in [-0.25, -0.2) is 13.1 Å². The first-order chi connectivity index (χ1) is 9.38. The zero-order chi connectivity index (χ0) is 14.8. The molecule has 0 aliphatic carbocycles. The number of thiophene rings is 1. The van der Waals surface area contributed by atoms with Crippen molar-refractivity contribution in [3.05, 3.63) is 50.1 Å². The van der Waals surface area contributed by atoms with Crippen LogP contribution in [0.3, 0.4) is 0 Å². The molecule has 20 heavy (non-hydrogen) atoms. The van der Waals surface area contributed by atoms with Crippen LogP contribution in [0.15, 0.2) is 39.0 Å². The fourth-order valence-corrected chi connectivity index (χ4v) is 5.42. The summed E-state index contributed by atoms with van der Waals surface area (Å²) in [4.78, 5) is 1.15. The number of halogens is 1. The number of hydrogen-bond donors (Lipinski definition) is 1. The predicted molar refractivity (Wildman–Crippen MR) is 86.8 cm³/mol. The predicted octanol–water partition coefficient (Wildman–Crippen LogP) is 3.65. The number of aryl methyl sites for hydroxylation is 2. The highest BCUT2D eigenvalue weighted by atomic mass is 79.9. The van der Waals surface area contributed by atoms with Crippen molar-refractivity contribution in [1.29, 1.82) is 0 Å². The van der Waals surface area contributed by atoms with Crippen LogP contribution in [-0.2, 0) is 16.4 Å². The van der Waals surface area contributed by atoms with Crippen molar-refractivity contribution in [3.63, 3.8) is 0 Å². The summed E-state index contributed by atoms with van der Waals surface area (Å²) in [5, 5.41) is 0. The summed E-state index contributed by atoms with van der Waals surface area (Å²) in [5.74, 6) is 0. The lowest BCUT2D eigenvalue weighted by molar-refractivity contribution is 0.581. The van der Waals surface area contributed by atoms with Crippen molar-refractivity contribution < 1.29 is 8.42 Å². The second-order valence-corrected chi connectivity index (χ2v) is 8.98. The average Bonchev–Trinajstić information content (AvgIpc) is 2.69. The maximum absolute atomic E-state index is 12.2. The summed E-state index contributed by atoms with van der Waals surface area (Å²) in [5.41, 5.74) is 2.32. The van der Waals surface area contributed by atoms with Crippen molar-refractivity contribution in [1.82, 2.24) is 4.72 Å². The molecule has 1 aromatic carbocycles. The Balaban J connectivity index is 2.01. The monoisotopic (exact) mass is 373 g/mol. The molecule has 1 N–H and O–H groups in total. The van der Waals surface area contributed by atoms with Gasteiger partial charge in [-0.2, -0.15) is 0 Å². The number of rotatable bonds is 5. The standard InChI is InChI=1S/C14H16BrNO2S2/c1-10-4-3-5-12(8-10)6-7-16-20(17,18)13-9-14(15)19-11(13)2/h3-5,8-9,16H,6-7H2,1-2H3. The molecule has 1 aromatic heterocycles. The second-order valence-electron chi connectivity index (χ2n) is 4.61. The van der Waals surface area contributed by atoms with E-state index in [1.807, 2.05) is 32.0 Å². The summed E-state index contributed by atoms with van der Waals surface area (Å²) >= 11 is 4.74. The largest absolute Gasteiger partial charge is 0.241 e. The van der Waals surface area contributed by atoms with E-state index in [1.165, 1.54) is 16.9 Å². The Hall–Kier alpha value is -0.690. The second kappa shape index (κ2) is 6.39. The zero-order valence-electron chi connectivity index (χ0n) is 11.3. The lowest BCUT2D eigenvalue weighted by Crippen LogP contribution is -2.26. The SMILES string of the molecule is Cc1cccc(CCNS(=O)(=O)c2cc(Br)sc2C)c1. The summed E-state index contributed by atoms with van der Waals surface area (Å²) in [6.45, 7) is 4.24. The third-order valence-corrected chi connectivity index (χ3v) is 6.19. The van der Waals surface area contributed by atoms with Crippen molar-refractivity contribution in [2.45, 2.75) is 25.2 Å². The number of sulfonamides is 1. The number of nitrogens with one attached hydrogen (secondary N) is 1. The molecule has 6 heteroatoms. The topological polar surface area (TPSA) is 46.2 Å². The van der Waals surface area contributed by atoms with Crippen LogP contribution in [0.2, 0.25) is 0 Å². The van der Waals surface area contributed by atoms with E-state index in [9.17, 15) is 8.42 Å². The minimum atomic E-state index is -3.42. The van der Waals surface area contributed by atoms with Gasteiger partial charge < -0.3 is 0 Å². The van der Waals surface area contributed by atoms with E-state index >= 15 is 0 Å². The van der Waals surface area contributed by atoms with E-state index in [-0.39, 0.29) is 0 Å². The first-order valence-electron chi connectivity index (χ1n) is 6.19. The first kappa shape index (κ1) is 15.7. The van der Waals surface area contributed by atoms with Crippen molar-refractivity contribution in [2.24, 2.45) is 0 Å². The third kappa shape index (κ3) is 3.91. The molecule has 0 saturated carbocycles. The van der Waals surface area contributed by atoms with Gasteiger partial charge in [0.15, 0.2) is 0 Å². The molecule has 0 aliphatic rings. The van der Waals surface area contributed by atoms with Gasteiger partial charge in [0.25, 0.3) is 0 Å². The van der Waals surface area contributed by atoms with E-state index in [1.54, 1.807) is 6.07 Å². The van der Waals surface area contributed by atoms with Crippen LogP contribution in [0.5, 0.6) is 0 Å². The molecular formula is C14H16BrNO2S2. The molecule has 0 spiro atoms. The molecule has 1 heterocycles. The van der Waals surface area contributed by atoms with E-state index in [4.69, 9.17) is 0 Å². The lowest BCUT2D eigenvalue weighted by Gasteiger charge is -2.06. The molecule has 0 unspecified atom stereocenters. The van der Waals surface area contributed by atoms with Crippen molar-refractivity contribution in [3.8, 4) is 0 Å². The van der Waals surface area contributed by atoms with Crippen LogP contribution in [0.25, 0.3) is 0 Å². The molecule has 0 fully saturated rings.